The maximum atomic E-state index is 13.1. The Morgan fingerprint density at radius 1 is 0.903 bits per heavy atom. The van der Waals surface area contributed by atoms with Crippen molar-refractivity contribution in [3.63, 3.8) is 0 Å². The number of carbonyl (C=O) groups excluding carboxylic acids is 1. The molecular formula is C27H28N2O2. The molecule has 2 N–H and O–H groups in total. The zero-order chi connectivity index (χ0) is 21.5. The number of benzene rings is 3. The van der Waals surface area contributed by atoms with Gasteiger partial charge in [-0.25, -0.2) is 0 Å². The predicted molar refractivity (Wildman–Crippen MR) is 125 cm³/mol. The number of carbonyl (C=O) groups is 1. The summed E-state index contributed by atoms with van der Waals surface area (Å²) in [4.78, 5) is 13.1. The van der Waals surface area contributed by atoms with E-state index in [2.05, 4.69) is 53.1 Å². The van der Waals surface area contributed by atoms with Crippen molar-refractivity contribution in [2.45, 2.75) is 19.6 Å². The summed E-state index contributed by atoms with van der Waals surface area (Å²) in [6, 6.07) is 27.0. The van der Waals surface area contributed by atoms with Crippen molar-refractivity contribution in [3.8, 4) is 11.1 Å². The first-order chi connectivity index (χ1) is 15.2. The number of methoxy groups -OCH3 is 1. The fourth-order valence-corrected chi connectivity index (χ4v) is 4.02. The third-order valence-corrected chi connectivity index (χ3v) is 5.57. The van der Waals surface area contributed by atoms with Gasteiger partial charge in [-0.05, 0) is 52.4 Å². The molecule has 1 heterocycles. The average molecular weight is 413 g/mol. The molecule has 0 saturated heterocycles. The zero-order valence-electron chi connectivity index (χ0n) is 17.9. The van der Waals surface area contributed by atoms with Crippen molar-refractivity contribution >= 4 is 11.5 Å². The molecule has 3 aromatic rings. The molecule has 1 aliphatic heterocycles. The van der Waals surface area contributed by atoms with Gasteiger partial charge < -0.3 is 15.4 Å². The largest absolute Gasteiger partial charge is 0.380 e. The van der Waals surface area contributed by atoms with E-state index in [0.717, 1.165) is 40.8 Å². The highest BCUT2D eigenvalue weighted by atomic mass is 16.5. The topological polar surface area (TPSA) is 50.4 Å². The number of nitrogens with one attached hydrogen (secondary N) is 2. The van der Waals surface area contributed by atoms with Crippen LogP contribution in [0, 0.1) is 0 Å². The van der Waals surface area contributed by atoms with Gasteiger partial charge in [-0.2, -0.15) is 0 Å². The maximum absolute atomic E-state index is 13.1. The van der Waals surface area contributed by atoms with Crippen molar-refractivity contribution in [1.82, 2.24) is 10.6 Å². The fraction of sp³-hybridized carbons (Fsp3) is 0.222. The van der Waals surface area contributed by atoms with Gasteiger partial charge in [0.05, 0.1) is 6.61 Å². The molecule has 4 nitrogen and oxygen atoms in total. The van der Waals surface area contributed by atoms with E-state index in [1.54, 1.807) is 7.11 Å². The third kappa shape index (κ3) is 5.29. The summed E-state index contributed by atoms with van der Waals surface area (Å²) in [7, 11) is 1.69. The molecule has 0 radical (unpaired) electrons. The van der Waals surface area contributed by atoms with Gasteiger partial charge in [0.2, 0.25) is 5.91 Å². The lowest BCUT2D eigenvalue weighted by Crippen LogP contribution is -2.34. The minimum Gasteiger partial charge on any atom is -0.380 e. The van der Waals surface area contributed by atoms with Crippen LogP contribution in [0.5, 0.6) is 0 Å². The van der Waals surface area contributed by atoms with Crippen LogP contribution >= 0.6 is 0 Å². The van der Waals surface area contributed by atoms with Crippen molar-refractivity contribution in [2.24, 2.45) is 0 Å². The first-order valence-corrected chi connectivity index (χ1v) is 10.7. The van der Waals surface area contributed by atoms with Crippen LogP contribution in [0.25, 0.3) is 16.7 Å². The van der Waals surface area contributed by atoms with Gasteiger partial charge >= 0.3 is 0 Å². The third-order valence-electron chi connectivity index (χ3n) is 5.57. The lowest BCUT2D eigenvalue weighted by Gasteiger charge is -2.22. The Hall–Kier alpha value is -3.21. The Balaban J connectivity index is 1.55. The SMILES string of the molecule is COCc1cccc(CNC(=O)C2=C(c3cccc(-c4ccccc4)c3)CCNC2)c1. The summed E-state index contributed by atoms with van der Waals surface area (Å²) >= 11 is 0. The Morgan fingerprint density at radius 2 is 1.65 bits per heavy atom. The number of amides is 1. The molecule has 0 aromatic heterocycles. The van der Waals surface area contributed by atoms with Crippen LogP contribution < -0.4 is 10.6 Å². The van der Waals surface area contributed by atoms with Gasteiger partial charge in [-0.15, -0.1) is 0 Å². The molecule has 4 heteroatoms. The molecule has 1 aliphatic rings. The lowest BCUT2D eigenvalue weighted by molar-refractivity contribution is -0.117. The van der Waals surface area contributed by atoms with Crippen molar-refractivity contribution in [1.29, 1.82) is 0 Å². The van der Waals surface area contributed by atoms with E-state index >= 15 is 0 Å². The van der Waals surface area contributed by atoms with E-state index in [1.165, 1.54) is 11.1 Å². The highest BCUT2D eigenvalue weighted by molar-refractivity contribution is 6.02. The molecule has 0 spiro atoms. The molecule has 158 valence electrons. The summed E-state index contributed by atoms with van der Waals surface area (Å²) in [6.45, 7) is 2.52. The zero-order valence-corrected chi connectivity index (χ0v) is 17.9. The summed E-state index contributed by atoms with van der Waals surface area (Å²) in [5, 5.41) is 6.46. The quantitative estimate of drug-likeness (QED) is 0.598. The number of hydrogen-bond donors (Lipinski definition) is 2. The second-order valence-electron chi connectivity index (χ2n) is 7.77. The Bertz CT molecular complexity index is 1070. The maximum Gasteiger partial charge on any atom is 0.249 e. The summed E-state index contributed by atoms with van der Waals surface area (Å²) < 4.78 is 5.21. The van der Waals surface area contributed by atoms with Gasteiger partial charge in [0.15, 0.2) is 0 Å². The first kappa shape index (κ1) is 21.0. The normalized spacial score (nSPS) is 13.8. The molecular weight excluding hydrogens is 384 g/mol. The molecule has 0 bridgehead atoms. The van der Waals surface area contributed by atoms with Gasteiger partial charge in [0, 0.05) is 25.8 Å². The van der Waals surface area contributed by atoms with Gasteiger partial charge in [-0.3, -0.25) is 4.79 Å². The molecule has 0 unspecified atom stereocenters. The van der Waals surface area contributed by atoms with Crippen molar-refractivity contribution in [3.05, 3.63) is 101 Å². The van der Waals surface area contributed by atoms with Crippen LogP contribution in [0.3, 0.4) is 0 Å². The molecule has 1 amide bonds. The fourth-order valence-electron chi connectivity index (χ4n) is 4.02. The second-order valence-corrected chi connectivity index (χ2v) is 7.77. The van der Waals surface area contributed by atoms with Crippen molar-refractivity contribution < 1.29 is 9.53 Å². The molecule has 0 aliphatic carbocycles. The van der Waals surface area contributed by atoms with E-state index in [4.69, 9.17) is 4.74 Å². The Morgan fingerprint density at radius 3 is 2.48 bits per heavy atom. The van der Waals surface area contributed by atoms with Gasteiger partial charge in [-0.1, -0.05) is 72.8 Å². The Labute approximate surface area is 184 Å². The van der Waals surface area contributed by atoms with Crippen LogP contribution in [0.1, 0.15) is 23.1 Å². The van der Waals surface area contributed by atoms with E-state index in [-0.39, 0.29) is 5.91 Å². The van der Waals surface area contributed by atoms with Crippen LogP contribution in [0.15, 0.2) is 84.4 Å². The van der Waals surface area contributed by atoms with Crippen LogP contribution in [-0.2, 0) is 22.7 Å². The van der Waals surface area contributed by atoms with Gasteiger partial charge in [0.25, 0.3) is 0 Å². The predicted octanol–water partition coefficient (Wildman–Crippen LogP) is 4.56. The Kier molecular flexibility index (Phi) is 6.92. The minimum atomic E-state index is -0.00976. The van der Waals surface area contributed by atoms with E-state index in [0.29, 0.717) is 19.7 Å². The number of rotatable bonds is 7. The van der Waals surface area contributed by atoms with Crippen LogP contribution in [0.2, 0.25) is 0 Å². The molecule has 31 heavy (non-hydrogen) atoms. The average Bonchev–Trinajstić information content (AvgIpc) is 2.84. The summed E-state index contributed by atoms with van der Waals surface area (Å²) in [5.41, 5.74) is 7.59. The lowest BCUT2D eigenvalue weighted by atomic mass is 9.91. The van der Waals surface area contributed by atoms with Crippen LogP contribution in [0.4, 0.5) is 0 Å². The molecule has 0 saturated carbocycles. The number of ether oxygens (including phenoxy) is 1. The first-order valence-electron chi connectivity index (χ1n) is 10.7. The van der Waals surface area contributed by atoms with Crippen LogP contribution in [-0.4, -0.2) is 26.1 Å². The number of hydrogen-bond acceptors (Lipinski definition) is 3. The van der Waals surface area contributed by atoms with E-state index in [1.807, 2.05) is 36.4 Å². The highest BCUT2D eigenvalue weighted by Gasteiger charge is 2.20. The molecule has 0 fully saturated rings. The summed E-state index contributed by atoms with van der Waals surface area (Å²) in [5.74, 6) is -0.00976. The highest BCUT2D eigenvalue weighted by Crippen LogP contribution is 2.29. The van der Waals surface area contributed by atoms with E-state index < -0.39 is 0 Å². The second kappa shape index (κ2) is 10.2. The standard InChI is InChI=1S/C27H28N2O2/c1-31-19-21-8-5-7-20(15-21)17-29-27(30)26-18-28-14-13-25(26)24-12-6-11-23(16-24)22-9-3-2-4-10-22/h2-12,15-16,28H,13-14,17-19H2,1H3,(H,29,30). The smallest absolute Gasteiger partial charge is 0.249 e. The molecule has 4 rings (SSSR count). The minimum absolute atomic E-state index is 0.00976. The van der Waals surface area contributed by atoms with Crippen molar-refractivity contribution in [2.75, 3.05) is 20.2 Å². The summed E-state index contributed by atoms with van der Waals surface area (Å²) in [6.07, 6.45) is 0.838. The monoisotopic (exact) mass is 412 g/mol. The van der Waals surface area contributed by atoms with E-state index in [9.17, 15) is 4.79 Å². The van der Waals surface area contributed by atoms with Gasteiger partial charge in [0.1, 0.15) is 0 Å². The molecule has 3 aromatic carbocycles. The molecule has 0 atom stereocenters.